The van der Waals surface area contributed by atoms with Crippen molar-refractivity contribution in [3.8, 4) is 0 Å². The van der Waals surface area contributed by atoms with Crippen molar-refractivity contribution in [2.24, 2.45) is 7.05 Å². The number of aromatic amines is 1. The zero-order valence-electron chi connectivity index (χ0n) is 19.2. The Morgan fingerprint density at radius 3 is 2.42 bits per heavy atom. The van der Waals surface area contributed by atoms with Crippen LogP contribution in [0.15, 0.2) is 35.1 Å². The molecule has 10 heteroatoms. The van der Waals surface area contributed by atoms with Gasteiger partial charge >= 0.3 is 0 Å². The van der Waals surface area contributed by atoms with Gasteiger partial charge in [0.25, 0.3) is 5.56 Å². The van der Waals surface area contributed by atoms with E-state index in [0.29, 0.717) is 30.7 Å². The molecular formula is C23H29N5O4S. The molecule has 0 saturated carbocycles. The lowest BCUT2D eigenvalue weighted by Gasteiger charge is -2.34. The van der Waals surface area contributed by atoms with E-state index >= 15 is 0 Å². The molecule has 2 aromatic heterocycles. The lowest BCUT2D eigenvalue weighted by atomic mass is 10.0. The molecule has 3 aromatic rings. The van der Waals surface area contributed by atoms with Crippen molar-refractivity contribution in [2.45, 2.75) is 32.4 Å². The van der Waals surface area contributed by atoms with E-state index in [-0.39, 0.29) is 36.7 Å². The van der Waals surface area contributed by atoms with Crippen LogP contribution in [0, 0.1) is 13.8 Å². The van der Waals surface area contributed by atoms with Crippen LogP contribution >= 0.6 is 0 Å². The molecule has 0 unspecified atom stereocenters. The molecule has 1 N–H and O–H groups in total. The third-order valence-electron chi connectivity index (χ3n) is 6.32. The molecule has 1 fully saturated rings. The van der Waals surface area contributed by atoms with Gasteiger partial charge in [-0.05, 0) is 31.4 Å². The minimum Gasteiger partial charge on any atom is -0.340 e. The Bertz CT molecular complexity index is 1340. The van der Waals surface area contributed by atoms with E-state index in [1.54, 1.807) is 28.8 Å². The number of carbonyl (C=O) groups excluding carboxylic acids is 1. The Labute approximate surface area is 193 Å². The number of nitrogens with zero attached hydrogens (tertiary/aromatic N) is 4. The Morgan fingerprint density at radius 1 is 1.09 bits per heavy atom. The second-order valence-corrected chi connectivity index (χ2v) is 10.5. The van der Waals surface area contributed by atoms with E-state index < -0.39 is 10.0 Å². The fraction of sp³-hybridized carbons (Fsp3) is 0.435. The number of H-pyrrole nitrogens is 1. The number of sulfonamides is 1. The Kier molecular flexibility index (Phi) is 6.40. The summed E-state index contributed by atoms with van der Waals surface area (Å²) in [5, 5.41) is 5.29. The summed E-state index contributed by atoms with van der Waals surface area (Å²) in [5.41, 5.74) is 3.50. The van der Waals surface area contributed by atoms with E-state index in [4.69, 9.17) is 0 Å². The summed E-state index contributed by atoms with van der Waals surface area (Å²) in [6, 6.07) is 9.09. The first kappa shape index (κ1) is 23.2. The molecule has 0 bridgehead atoms. The SMILES string of the molecule is Cc1nn(C)c2[nH]c(=O)c(CCC(=O)N3CCN(S(=O)(=O)Cc4ccccc4)CC3)c(C)c12. The van der Waals surface area contributed by atoms with Crippen LogP contribution < -0.4 is 5.56 Å². The normalized spacial score (nSPS) is 15.3. The first-order chi connectivity index (χ1) is 15.7. The molecule has 1 aliphatic heterocycles. The zero-order chi connectivity index (χ0) is 23.8. The van der Waals surface area contributed by atoms with E-state index in [9.17, 15) is 18.0 Å². The monoisotopic (exact) mass is 471 g/mol. The maximum Gasteiger partial charge on any atom is 0.253 e. The van der Waals surface area contributed by atoms with Crippen molar-refractivity contribution in [2.75, 3.05) is 26.2 Å². The number of hydrogen-bond acceptors (Lipinski definition) is 5. The van der Waals surface area contributed by atoms with Crippen molar-refractivity contribution in [3.63, 3.8) is 0 Å². The zero-order valence-corrected chi connectivity index (χ0v) is 20.0. The van der Waals surface area contributed by atoms with Gasteiger partial charge < -0.3 is 9.88 Å². The summed E-state index contributed by atoms with van der Waals surface area (Å²) >= 11 is 0. The highest BCUT2D eigenvalue weighted by Crippen LogP contribution is 2.21. The van der Waals surface area contributed by atoms with Gasteiger partial charge in [-0.3, -0.25) is 14.3 Å². The summed E-state index contributed by atoms with van der Waals surface area (Å²) in [6.45, 7) is 5.05. The standard InChI is InChI=1S/C23H29N5O4S/c1-16-19(23(30)24-22-21(16)17(2)25-26(22)3)9-10-20(29)27-11-13-28(14-12-27)33(31,32)15-18-7-5-4-6-8-18/h4-8H,9-15H2,1-3H3,(H,24,30). The van der Waals surface area contributed by atoms with Gasteiger partial charge in [0.1, 0.15) is 5.65 Å². The van der Waals surface area contributed by atoms with Crippen molar-refractivity contribution in [1.82, 2.24) is 24.0 Å². The van der Waals surface area contributed by atoms with E-state index in [2.05, 4.69) is 10.1 Å². The first-order valence-electron chi connectivity index (χ1n) is 11.0. The van der Waals surface area contributed by atoms with Crippen LogP contribution in [0.5, 0.6) is 0 Å². The van der Waals surface area contributed by atoms with Crippen LogP contribution in [0.4, 0.5) is 0 Å². The van der Waals surface area contributed by atoms with Gasteiger partial charge in [0.05, 0.1) is 11.4 Å². The third kappa shape index (κ3) is 4.72. The van der Waals surface area contributed by atoms with Crippen molar-refractivity contribution >= 4 is 27.0 Å². The molecule has 1 aromatic carbocycles. The average Bonchev–Trinajstić information content (AvgIpc) is 3.07. The summed E-state index contributed by atoms with van der Waals surface area (Å²) in [5.74, 6) is -0.114. The molecule has 1 amide bonds. The van der Waals surface area contributed by atoms with Gasteiger partial charge in [0.2, 0.25) is 15.9 Å². The fourth-order valence-corrected chi connectivity index (χ4v) is 6.05. The molecule has 0 radical (unpaired) electrons. The highest BCUT2D eigenvalue weighted by Gasteiger charge is 2.29. The lowest BCUT2D eigenvalue weighted by Crippen LogP contribution is -2.50. The topological polar surface area (TPSA) is 108 Å². The van der Waals surface area contributed by atoms with Crippen LogP contribution in [0.25, 0.3) is 11.0 Å². The molecule has 176 valence electrons. The van der Waals surface area contributed by atoms with Gasteiger partial charge in [-0.1, -0.05) is 30.3 Å². The number of fused-ring (bicyclic) bond motifs is 1. The predicted octanol–water partition coefficient (Wildman–Crippen LogP) is 1.49. The number of hydrogen-bond donors (Lipinski definition) is 1. The minimum atomic E-state index is -3.43. The fourth-order valence-electron chi connectivity index (χ4n) is 4.54. The Morgan fingerprint density at radius 2 is 1.76 bits per heavy atom. The van der Waals surface area contributed by atoms with E-state index in [1.165, 1.54) is 4.31 Å². The minimum absolute atomic E-state index is 0.0416. The van der Waals surface area contributed by atoms with Crippen molar-refractivity contribution < 1.29 is 13.2 Å². The summed E-state index contributed by atoms with van der Waals surface area (Å²) in [7, 11) is -1.65. The summed E-state index contributed by atoms with van der Waals surface area (Å²) < 4.78 is 28.6. The molecule has 0 aliphatic carbocycles. The predicted molar refractivity (Wildman–Crippen MR) is 126 cm³/mol. The molecule has 4 rings (SSSR count). The third-order valence-corrected chi connectivity index (χ3v) is 8.17. The second kappa shape index (κ2) is 9.11. The number of pyridine rings is 1. The number of rotatable bonds is 6. The highest BCUT2D eigenvalue weighted by molar-refractivity contribution is 7.88. The number of piperazine rings is 1. The van der Waals surface area contributed by atoms with Gasteiger partial charge in [-0.2, -0.15) is 9.40 Å². The second-order valence-electron chi connectivity index (χ2n) is 8.51. The average molecular weight is 472 g/mol. The smallest absolute Gasteiger partial charge is 0.253 e. The number of aromatic nitrogens is 3. The largest absolute Gasteiger partial charge is 0.340 e. The molecular weight excluding hydrogens is 442 g/mol. The Hall–Kier alpha value is -2.98. The molecule has 0 spiro atoms. The van der Waals surface area contributed by atoms with Crippen LogP contribution in [0.1, 0.15) is 28.8 Å². The molecule has 33 heavy (non-hydrogen) atoms. The van der Waals surface area contributed by atoms with Gasteiger partial charge in [-0.25, -0.2) is 8.42 Å². The van der Waals surface area contributed by atoms with Crippen LogP contribution in [0.3, 0.4) is 0 Å². The van der Waals surface area contributed by atoms with Crippen LogP contribution in [-0.2, 0) is 34.0 Å². The quantitative estimate of drug-likeness (QED) is 0.586. The van der Waals surface area contributed by atoms with Crippen molar-refractivity contribution in [3.05, 3.63) is 63.1 Å². The van der Waals surface area contributed by atoms with E-state index in [0.717, 1.165) is 22.2 Å². The van der Waals surface area contributed by atoms with E-state index in [1.807, 2.05) is 32.0 Å². The highest BCUT2D eigenvalue weighted by atomic mass is 32.2. The maximum absolute atomic E-state index is 12.8. The molecule has 1 saturated heterocycles. The maximum atomic E-state index is 12.8. The number of carbonyl (C=O) groups is 1. The Balaban J connectivity index is 1.37. The number of benzene rings is 1. The van der Waals surface area contributed by atoms with Crippen LogP contribution in [0.2, 0.25) is 0 Å². The van der Waals surface area contributed by atoms with Gasteiger partial charge in [0, 0.05) is 50.6 Å². The number of aryl methyl sites for hydroxylation is 3. The summed E-state index contributed by atoms with van der Waals surface area (Å²) in [6.07, 6.45) is 0.530. The van der Waals surface area contributed by atoms with Gasteiger partial charge in [-0.15, -0.1) is 0 Å². The van der Waals surface area contributed by atoms with Gasteiger partial charge in [0.15, 0.2) is 0 Å². The molecule has 3 heterocycles. The van der Waals surface area contributed by atoms with Crippen molar-refractivity contribution in [1.29, 1.82) is 0 Å². The number of nitrogens with one attached hydrogen (secondary N) is 1. The van der Waals surface area contributed by atoms with Crippen LogP contribution in [-0.4, -0.2) is 64.5 Å². The first-order valence-corrected chi connectivity index (χ1v) is 12.6. The number of amides is 1. The summed E-state index contributed by atoms with van der Waals surface area (Å²) in [4.78, 5) is 30.0. The molecule has 1 aliphatic rings. The molecule has 0 atom stereocenters. The lowest BCUT2D eigenvalue weighted by molar-refractivity contribution is -0.132. The molecule has 9 nitrogen and oxygen atoms in total.